The van der Waals surface area contributed by atoms with E-state index in [9.17, 15) is 9.59 Å². The van der Waals surface area contributed by atoms with Crippen molar-refractivity contribution in [2.24, 2.45) is 5.41 Å². The van der Waals surface area contributed by atoms with Crippen molar-refractivity contribution < 1.29 is 14.3 Å². The lowest BCUT2D eigenvalue weighted by atomic mass is 9.95. The molecule has 0 bridgehead atoms. The van der Waals surface area contributed by atoms with Gasteiger partial charge in [0.2, 0.25) is 0 Å². The van der Waals surface area contributed by atoms with Crippen molar-refractivity contribution >= 4 is 12.4 Å². The van der Waals surface area contributed by atoms with Gasteiger partial charge in [-0.2, -0.15) is 0 Å². The zero-order chi connectivity index (χ0) is 9.19. The van der Waals surface area contributed by atoms with Crippen molar-refractivity contribution in [3.8, 4) is 0 Å². The number of carbonyl (C=O) groups excluding carboxylic acids is 2. The molecule has 0 N–H and O–H groups in total. The summed E-state index contributed by atoms with van der Waals surface area (Å²) in [6.07, 6.45) is 0.545. The summed E-state index contributed by atoms with van der Waals surface area (Å²) in [6.45, 7) is 5.07. The second kappa shape index (κ2) is 3.13. The molecule has 0 spiro atoms. The highest BCUT2D eigenvalue weighted by Crippen LogP contribution is 2.15. The first-order valence-corrected chi connectivity index (χ1v) is 3.93. The van der Waals surface area contributed by atoms with Crippen LogP contribution in [0.4, 0.5) is 4.79 Å². The highest BCUT2D eigenvalue weighted by Gasteiger charge is 2.28. The number of nitrogens with zero attached hydrogens (tertiary/aromatic N) is 1. The average molecular weight is 171 g/mol. The molecule has 12 heavy (non-hydrogen) atoms. The Morgan fingerprint density at radius 3 is 2.75 bits per heavy atom. The minimum atomic E-state index is -0.469. The molecule has 1 heterocycles. The molecule has 0 saturated carbocycles. The molecule has 0 atom stereocenters. The summed E-state index contributed by atoms with van der Waals surface area (Å²) in [6, 6.07) is 0. The Hall–Kier alpha value is -1.06. The van der Waals surface area contributed by atoms with Crippen LogP contribution >= 0.6 is 0 Å². The largest absolute Gasteiger partial charge is 0.448 e. The molecule has 1 aliphatic heterocycles. The van der Waals surface area contributed by atoms with Crippen LogP contribution in [0.1, 0.15) is 13.8 Å². The number of ether oxygens (including phenoxy) is 1. The molecule has 1 saturated heterocycles. The maximum Gasteiger partial charge on any atom is 0.409 e. The third-order valence-electron chi connectivity index (χ3n) is 1.76. The van der Waals surface area contributed by atoms with Gasteiger partial charge in [-0.25, -0.2) is 4.79 Å². The molecule has 0 radical (unpaired) electrons. The Bertz CT molecular complexity index is 200. The van der Waals surface area contributed by atoms with E-state index in [0.717, 1.165) is 6.29 Å². The molecule has 0 aromatic heterocycles. The Kier molecular flexibility index (Phi) is 2.35. The minimum Gasteiger partial charge on any atom is -0.448 e. The Balaban J connectivity index is 2.50. The van der Waals surface area contributed by atoms with Crippen LogP contribution in [0, 0.1) is 5.41 Å². The Labute approximate surface area is 71.5 Å². The molecular formula is C8H13NO3. The van der Waals surface area contributed by atoms with Crippen molar-refractivity contribution in [1.29, 1.82) is 0 Å². The third kappa shape index (κ3) is 1.96. The third-order valence-corrected chi connectivity index (χ3v) is 1.76. The van der Waals surface area contributed by atoms with Gasteiger partial charge in [0.1, 0.15) is 12.9 Å². The molecule has 1 amide bonds. The number of aldehydes is 1. The van der Waals surface area contributed by atoms with Gasteiger partial charge < -0.3 is 14.4 Å². The van der Waals surface area contributed by atoms with Gasteiger partial charge in [0, 0.05) is 12.0 Å². The molecule has 4 nitrogen and oxygen atoms in total. The van der Waals surface area contributed by atoms with E-state index >= 15 is 0 Å². The van der Waals surface area contributed by atoms with Crippen LogP contribution in [0.2, 0.25) is 0 Å². The van der Waals surface area contributed by atoms with E-state index in [0.29, 0.717) is 19.7 Å². The molecule has 4 heteroatoms. The number of rotatable bonds is 3. The number of hydrogen-bond donors (Lipinski definition) is 0. The van der Waals surface area contributed by atoms with E-state index in [1.54, 1.807) is 18.7 Å². The fraction of sp³-hybridized carbons (Fsp3) is 0.750. The van der Waals surface area contributed by atoms with Gasteiger partial charge in [-0.1, -0.05) is 13.8 Å². The Morgan fingerprint density at radius 2 is 2.33 bits per heavy atom. The number of carbonyl (C=O) groups is 2. The molecule has 1 fully saturated rings. The van der Waals surface area contributed by atoms with Gasteiger partial charge >= 0.3 is 6.09 Å². The van der Waals surface area contributed by atoms with Gasteiger partial charge in [-0.15, -0.1) is 0 Å². The van der Waals surface area contributed by atoms with Gasteiger partial charge in [0.25, 0.3) is 0 Å². The first-order valence-electron chi connectivity index (χ1n) is 3.93. The summed E-state index contributed by atoms with van der Waals surface area (Å²) >= 11 is 0. The van der Waals surface area contributed by atoms with Gasteiger partial charge in [0.05, 0.1) is 6.54 Å². The second-order valence-corrected chi connectivity index (χ2v) is 3.64. The molecular weight excluding hydrogens is 158 g/mol. The van der Waals surface area contributed by atoms with Crippen LogP contribution in [-0.4, -0.2) is 37.0 Å². The molecule has 1 rings (SSSR count). The molecule has 0 aromatic rings. The summed E-state index contributed by atoms with van der Waals surface area (Å²) in [5.74, 6) is 0. The number of cyclic esters (lactones) is 1. The number of amides is 1. The van der Waals surface area contributed by atoms with E-state index < -0.39 is 5.41 Å². The van der Waals surface area contributed by atoms with Crippen molar-refractivity contribution in [3.05, 3.63) is 0 Å². The highest BCUT2D eigenvalue weighted by molar-refractivity contribution is 5.70. The van der Waals surface area contributed by atoms with Crippen molar-refractivity contribution in [2.75, 3.05) is 19.7 Å². The number of hydrogen-bond acceptors (Lipinski definition) is 3. The lowest BCUT2D eigenvalue weighted by Crippen LogP contribution is -2.35. The normalized spacial score (nSPS) is 17.8. The van der Waals surface area contributed by atoms with Crippen molar-refractivity contribution in [3.63, 3.8) is 0 Å². The lowest BCUT2D eigenvalue weighted by Gasteiger charge is -2.22. The summed E-state index contributed by atoms with van der Waals surface area (Å²) in [5.41, 5.74) is -0.469. The fourth-order valence-corrected chi connectivity index (χ4v) is 1.10. The summed E-state index contributed by atoms with van der Waals surface area (Å²) in [7, 11) is 0. The molecule has 68 valence electrons. The smallest absolute Gasteiger partial charge is 0.409 e. The van der Waals surface area contributed by atoms with Crippen LogP contribution in [0.15, 0.2) is 0 Å². The van der Waals surface area contributed by atoms with E-state index in [2.05, 4.69) is 0 Å². The van der Waals surface area contributed by atoms with Gasteiger partial charge in [-0.3, -0.25) is 0 Å². The van der Waals surface area contributed by atoms with E-state index in [-0.39, 0.29) is 6.09 Å². The summed E-state index contributed by atoms with van der Waals surface area (Å²) in [5, 5.41) is 0. The van der Waals surface area contributed by atoms with Gasteiger partial charge in [0.15, 0.2) is 0 Å². The zero-order valence-corrected chi connectivity index (χ0v) is 7.37. The van der Waals surface area contributed by atoms with Crippen LogP contribution in [-0.2, 0) is 9.53 Å². The van der Waals surface area contributed by atoms with E-state index in [4.69, 9.17) is 4.74 Å². The highest BCUT2D eigenvalue weighted by atomic mass is 16.6. The standard InChI is InChI=1S/C8H13NO3/c1-8(2,6-10)5-9-3-4-12-7(9)11/h6H,3-5H2,1-2H3. The first-order chi connectivity index (χ1) is 5.55. The quantitative estimate of drug-likeness (QED) is 0.586. The topological polar surface area (TPSA) is 46.6 Å². The molecule has 0 aromatic carbocycles. The van der Waals surface area contributed by atoms with Crippen LogP contribution in [0.5, 0.6) is 0 Å². The molecule has 1 aliphatic rings. The summed E-state index contributed by atoms with van der Waals surface area (Å²) in [4.78, 5) is 23.0. The van der Waals surface area contributed by atoms with E-state index in [1.165, 1.54) is 0 Å². The predicted octanol–water partition coefficient (Wildman–Crippen LogP) is 0.664. The van der Waals surface area contributed by atoms with Crippen LogP contribution in [0.25, 0.3) is 0 Å². The van der Waals surface area contributed by atoms with Crippen LogP contribution < -0.4 is 0 Å². The SMILES string of the molecule is CC(C)(C=O)CN1CCOC1=O. The first kappa shape index (κ1) is 9.03. The van der Waals surface area contributed by atoms with E-state index in [1.807, 2.05) is 0 Å². The van der Waals surface area contributed by atoms with Crippen molar-refractivity contribution in [1.82, 2.24) is 4.90 Å². The summed E-state index contributed by atoms with van der Waals surface area (Å²) < 4.78 is 4.73. The predicted molar refractivity (Wildman–Crippen MR) is 42.8 cm³/mol. The van der Waals surface area contributed by atoms with Crippen LogP contribution in [0.3, 0.4) is 0 Å². The monoisotopic (exact) mass is 171 g/mol. The molecule has 0 aliphatic carbocycles. The average Bonchev–Trinajstić information content (AvgIpc) is 2.36. The van der Waals surface area contributed by atoms with Crippen molar-refractivity contribution in [2.45, 2.75) is 13.8 Å². The molecule has 0 unspecified atom stereocenters. The second-order valence-electron chi connectivity index (χ2n) is 3.64. The lowest BCUT2D eigenvalue weighted by molar-refractivity contribution is -0.115. The fourth-order valence-electron chi connectivity index (χ4n) is 1.10. The zero-order valence-electron chi connectivity index (χ0n) is 7.37. The Morgan fingerprint density at radius 1 is 1.67 bits per heavy atom. The van der Waals surface area contributed by atoms with Gasteiger partial charge in [-0.05, 0) is 0 Å². The maximum absolute atomic E-state index is 11.0. The minimum absolute atomic E-state index is 0.315. The maximum atomic E-state index is 11.0.